The molecular weight excluding hydrogens is 240 g/mol. The van der Waals surface area contributed by atoms with Gasteiger partial charge in [0, 0.05) is 18.3 Å². The number of hydrogen-bond acceptors (Lipinski definition) is 5. The highest BCUT2D eigenvalue weighted by molar-refractivity contribution is 5.68. The van der Waals surface area contributed by atoms with Gasteiger partial charge in [0.2, 0.25) is 5.95 Å². The number of para-hydroxylation sites is 2. The zero-order valence-electron chi connectivity index (χ0n) is 10.8. The molecule has 0 unspecified atom stereocenters. The van der Waals surface area contributed by atoms with Crippen molar-refractivity contribution in [1.29, 1.82) is 0 Å². The Morgan fingerprint density at radius 2 is 2.11 bits per heavy atom. The maximum atomic E-state index is 5.75. The molecule has 0 bridgehead atoms. The van der Waals surface area contributed by atoms with Crippen LogP contribution in [0.3, 0.4) is 0 Å². The van der Waals surface area contributed by atoms with Crippen LogP contribution < -0.4 is 15.4 Å². The molecule has 1 aliphatic heterocycles. The van der Waals surface area contributed by atoms with E-state index in [9.17, 15) is 0 Å². The van der Waals surface area contributed by atoms with Gasteiger partial charge in [-0.2, -0.15) is 4.98 Å². The van der Waals surface area contributed by atoms with Crippen molar-refractivity contribution < 1.29 is 4.74 Å². The second-order valence-electron chi connectivity index (χ2n) is 4.55. The summed E-state index contributed by atoms with van der Waals surface area (Å²) in [5.74, 6) is 2.01. The topological polar surface area (TPSA) is 64.3 Å². The molecule has 2 heterocycles. The van der Waals surface area contributed by atoms with Gasteiger partial charge in [-0.1, -0.05) is 12.1 Å². The maximum Gasteiger partial charge on any atom is 0.222 e. The van der Waals surface area contributed by atoms with Gasteiger partial charge in [-0.05, 0) is 25.5 Å². The van der Waals surface area contributed by atoms with Crippen molar-refractivity contribution in [1.82, 2.24) is 9.97 Å². The molecule has 1 aromatic heterocycles. The molecule has 0 aliphatic carbocycles. The first kappa shape index (κ1) is 11.8. The van der Waals surface area contributed by atoms with Gasteiger partial charge in [-0.25, -0.2) is 4.98 Å². The van der Waals surface area contributed by atoms with Crippen LogP contribution in [0, 0.1) is 6.92 Å². The highest BCUT2D eigenvalue weighted by Crippen LogP contribution is 2.35. The number of fused-ring (bicyclic) bond motifs is 1. The average molecular weight is 256 g/mol. The number of anilines is 3. The summed E-state index contributed by atoms with van der Waals surface area (Å²) in [6.45, 7) is 3.49. The van der Waals surface area contributed by atoms with Crippen molar-refractivity contribution in [3.05, 3.63) is 36.0 Å². The molecule has 2 N–H and O–H groups in total. The third-order valence-corrected chi connectivity index (χ3v) is 3.07. The second-order valence-corrected chi connectivity index (χ2v) is 4.55. The van der Waals surface area contributed by atoms with Crippen molar-refractivity contribution in [2.45, 2.75) is 13.3 Å². The molecule has 0 saturated heterocycles. The number of hydrogen-bond donors (Lipinski definition) is 1. The number of aryl methyl sites for hydroxylation is 1. The van der Waals surface area contributed by atoms with Crippen LogP contribution in [0.4, 0.5) is 17.5 Å². The molecule has 98 valence electrons. The molecule has 0 radical (unpaired) electrons. The summed E-state index contributed by atoms with van der Waals surface area (Å²) in [5, 5.41) is 0. The standard InChI is InChI=1S/C14H16N4O/c1-10-9-13(17-14(15)16-10)18-7-4-8-19-12-6-3-2-5-11(12)18/h2-3,5-6,9H,4,7-8H2,1H3,(H2,15,16,17). The van der Waals surface area contributed by atoms with Gasteiger partial charge in [0.25, 0.3) is 0 Å². The third-order valence-electron chi connectivity index (χ3n) is 3.07. The molecule has 0 saturated carbocycles. The molecule has 0 spiro atoms. The van der Waals surface area contributed by atoms with Crippen molar-refractivity contribution in [3.63, 3.8) is 0 Å². The van der Waals surface area contributed by atoms with E-state index >= 15 is 0 Å². The number of nitrogens with two attached hydrogens (primary N) is 1. The van der Waals surface area contributed by atoms with E-state index in [1.807, 2.05) is 37.3 Å². The zero-order chi connectivity index (χ0) is 13.2. The van der Waals surface area contributed by atoms with E-state index in [4.69, 9.17) is 10.5 Å². The molecule has 1 aromatic carbocycles. The minimum absolute atomic E-state index is 0.303. The fourth-order valence-electron chi connectivity index (χ4n) is 2.28. The minimum atomic E-state index is 0.303. The van der Waals surface area contributed by atoms with Crippen molar-refractivity contribution in [2.24, 2.45) is 0 Å². The van der Waals surface area contributed by atoms with Crippen LogP contribution in [-0.2, 0) is 0 Å². The molecule has 0 atom stereocenters. The van der Waals surface area contributed by atoms with E-state index in [0.29, 0.717) is 12.6 Å². The predicted octanol–water partition coefficient (Wildman–Crippen LogP) is 2.29. The molecule has 2 aromatic rings. The number of aromatic nitrogens is 2. The van der Waals surface area contributed by atoms with Crippen molar-refractivity contribution in [2.75, 3.05) is 23.8 Å². The molecule has 19 heavy (non-hydrogen) atoms. The van der Waals surface area contributed by atoms with Crippen LogP contribution in [0.15, 0.2) is 30.3 Å². The SMILES string of the molecule is Cc1cc(N2CCCOc3ccccc32)nc(N)n1. The number of nitrogens with zero attached hydrogens (tertiary/aromatic N) is 3. The molecule has 0 amide bonds. The van der Waals surface area contributed by atoms with E-state index < -0.39 is 0 Å². The molecule has 5 heteroatoms. The highest BCUT2D eigenvalue weighted by atomic mass is 16.5. The molecule has 0 fully saturated rings. The van der Waals surface area contributed by atoms with Gasteiger partial charge in [-0.15, -0.1) is 0 Å². The Morgan fingerprint density at radius 3 is 2.95 bits per heavy atom. The van der Waals surface area contributed by atoms with E-state index in [1.54, 1.807) is 0 Å². The van der Waals surface area contributed by atoms with Crippen LogP contribution in [-0.4, -0.2) is 23.1 Å². The highest BCUT2D eigenvalue weighted by Gasteiger charge is 2.19. The fraction of sp³-hybridized carbons (Fsp3) is 0.286. The fourth-order valence-corrected chi connectivity index (χ4v) is 2.28. The normalized spacial score (nSPS) is 14.5. The van der Waals surface area contributed by atoms with Gasteiger partial charge >= 0.3 is 0 Å². The van der Waals surface area contributed by atoms with Crippen LogP contribution in [0.5, 0.6) is 5.75 Å². The van der Waals surface area contributed by atoms with Gasteiger partial charge in [0.05, 0.1) is 12.3 Å². The first-order valence-electron chi connectivity index (χ1n) is 6.34. The Labute approximate surface area is 112 Å². The summed E-state index contributed by atoms with van der Waals surface area (Å²) in [4.78, 5) is 10.6. The van der Waals surface area contributed by atoms with Gasteiger partial charge in [0.15, 0.2) is 0 Å². The lowest BCUT2D eigenvalue weighted by molar-refractivity contribution is 0.322. The Bertz CT molecular complexity index is 579. The predicted molar refractivity (Wildman–Crippen MR) is 74.7 cm³/mol. The Balaban J connectivity index is 2.09. The first-order valence-corrected chi connectivity index (χ1v) is 6.34. The van der Waals surface area contributed by atoms with Gasteiger partial charge in [-0.3, -0.25) is 0 Å². The number of ether oxygens (including phenoxy) is 1. The van der Waals surface area contributed by atoms with Crippen molar-refractivity contribution in [3.8, 4) is 5.75 Å². The zero-order valence-corrected chi connectivity index (χ0v) is 10.8. The molecule has 5 nitrogen and oxygen atoms in total. The summed E-state index contributed by atoms with van der Waals surface area (Å²) in [6, 6.07) is 9.93. The maximum absolute atomic E-state index is 5.75. The lowest BCUT2D eigenvalue weighted by Crippen LogP contribution is -2.19. The second kappa shape index (κ2) is 4.76. The van der Waals surface area contributed by atoms with Crippen LogP contribution in [0.2, 0.25) is 0 Å². The van der Waals surface area contributed by atoms with Gasteiger partial charge in [0.1, 0.15) is 11.6 Å². The summed E-state index contributed by atoms with van der Waals surface area (Å²) >= 11 is 0. The number of benzene rings is 1. The third kappa shape index (κ3) is 2.31. The van der Waals surface area contributed by atoms with E-state index in [0.717, 1.165) is 35.9 Å². The summed E-state index contributed by atoms with van der Waals surface area (Å²) in [6.07, 6.45) is 0.942. The first-order chi connectivity index (χ1) is 9.24. The molecular formula is C14H16N4O. The summed E-state index contributed by atoms with van der Waals surface area (Å²) < 4.78 is 5.74. The van der Waals surface area contributed by atoms with E-state index in [1.165, 1.54) is 0 Å². The van der Waals surface area contributed by atoms with Crippen LogP contribution in [0.25, 0.3) is 0 Å². The Morgan fingerprint density at radius 1 is 1.26 bits per heavy atom. The summed E-state index contributed by atoms with van der Waals surface area (Å²) in [5.41, 5.74) is 7.64. The average Bonchev–Trinajstić information content (AvgIpc) is 2.59. The number of nitrogen functional groups attached to an aromatic ring is 1. The Hall–Kier alpha value is -2.30. The summed E-state index contributed by atoms with van der Waals surface area (Å²) in [7, 11) is 0. The lowest BCUT2D eigenvalue weighted by Gasteiger charge is -2.23. The van der Waals surface area contributed by atoms with Crippen LogP contribution in [0.1, 0.15) is 12.1 Å². The monoisotopic (exact) mass is 256 g/mol. The minimum Gasteiger partial charge on any atom is -0.491 e. The number of rotatable bonds is 1. The lowest BCUT2D eigenvalue weighted by atomic mass is 10.2. The van der Waals surface area contributed by atoms with E-state index in [2.05, 4.69) is 14.9 Å². The van der Waals surface area contributed by atoms with Crippen LogP contribution >= 0.6 is 0 Å². The molecule has 3 rings (SSSR count). The molecule has 1 aliphatic rings. The van der Waals surface area contributed by atoms with Crippen molar-refractivity contribution >= 4 is 17.5 Å². The van der Waals surface area contributed by atoms with E-state index in [-0.39, 0.29) is 0 Å². The van der Waals surface area contributed by atoms with Gasteiger partial charge < -0.3 is 15.4 Å². The quantitative estimate of drug-likeness (QED) is 0.848. The Kier molecular flexibility index (Phi) is 2.95. The smallest absolute Gasteiger partial charge is 0.222 e. The largest absolute Gasteiger partial charge is 0.491 e.